The van der Waals surface area contributed by atoms with Gasteiger partial charge in [-0.05, 0) is 30.0 Å². The van der Waals surface area contributed by atoms with Crippen LogP contribution in [-0.4, -0.2) is 28.4 Å². The van der Waals surface area contributed by atoms with E-state index in [1.54, 1.807) is 0 Å². The lowest BCUT2D eigenvalue weighted by molar-refractivity contribution is -0.133. The van der Waals surface area contributed by atoms with Crippen LogP contribution < -0.4 is 5.73 Å². The minimum atomic E-state index is -0.438. The number of carbonyl (C=O) groups excluding carboxylic acids is 1. The third-order valence-corrected chi connectivity index (χ3v) is 4.61. The summed E-state index contributed by atoms with van der Waals surface area (Å²) in [4.78, 5) is 17.9. The summed E-state index contributed by atoms with van der Waals surface area (Å²) in [5, 5.41) is 1.22. The fourth-order valence-electron chi connectivity index (χ4n) is 3.07. The number of aromatic nitrogens is 1. The first-order valence-corrected chi connectivity index (χ1v) is 8.82. The Balaban J connectivity index is 1.76. The Morgan fingerprint density at radius 2 is 1.84 bits per heavy atom. The summed E-state index contributed by atoms with van der Waals surface area (Å²) >= 11 is 0. The molecule has 3 N–H and O–H groups in total. The number of nitrogens with one attached hydrogen (secondary N) is 1. The van der Waals surface area contributed by atoms with Gasteiger partial charge in [-0.15, -0.1) is 0 Å². The van der Waals surface area contributed by atoms with Gasteiger partial charge in [0.15, 0.2) is 0 Å². The van der Waals surface area contributed by atoms with Gasteiger partial charge in [-0.25, -0.2) is 0 Å². The maximum absolute atomic E-state index is 12.7. The fraction of sp³-hybridized carbons (Fsp3) is 0.286. The van der Waals surface area contributed by atoms with Gasteiger partial charge in [0.05, 0.1) is 6.04 Å². The van der Waals surface area contributed by atoms with E-state index in [1.807, 2.05) is 60.5 Å². The zero-order valence-electron chi connectivity index (χ0n) is 14.6. The van der Waals surface area contributed by atoms with Crippen molar-refractivity contribution in [3.05, 3.63) is 71.9 Å². The maximum atomic E-state index is 12.7. The standard InChI is InChI=1S/C21H25N3O/c1-2-19(22)21(25)24(15-16-8-4-3-5-9-16)13-12-17-14-23-20-11-7-6-10-18(17)20/h3-11,14,19,23H,2,12-13,15,22H2,1H3. The highest BCUT2D eigenvalue weighted by atomic mass is 16.2. The van der Waals surface area contributed by atoms with Gasteiger partial charge in [0, 0.05) is 30.2 Å². The number of amides is 1. The van der Waals surface area contributed by atoms with Crippen molar-refractivity contribution in [2.75, 3.05) is 6.54 Å². The van der Waals surface area contributed by atoms with Crippen LogP contribution in [-0.2, 0) is 17.8 Å². The molecule has 0 aliphatic heterocycles. The molecule has 1 aromatic heterocycles. The van der Waals surface area contributed by atoms with E-state index in [2.05, 4.69) is 17.1 Å². The minimum absolute atomic E-state index is 0.0196. The maximum Gasteiger partial charge on any atom is 0.239 e. The molecule has 3 rings (SSSR count). The number of aromatic amines is 1. The number of nitrogens with two attached hydrogens (primary N) is 1. The molecule has 4 heteroatoms. The predicted molar refractivity (Wildman–Crippen MR) is 102 cm³/mol. The van der Waals surface area contributed by atoms with Crippen LogP contribution in [0, 0.1) is 0 Å². The molecule has 0 fully saturated rings. The fourth-order valence-corrected chi connectivity index (χ4v) is 3.07. The highest BCUT2D eigenvalue weighted by Crippen LogP contribution is 2.19. The first kappa shape index (κ1) is 17.2. The topological polar surface area (TPSA) is 62.1 Å². The van der Waals surface area contributed by atoms with E-state index >= 15 is 0 Å². The van der Waals surface area contributed by atoms with Crippen molar-refractivity contribution in [1.29, 1.82) is 0 Å². The Labute approximate surface area is 148 Å². The van der Waals surface area contributed by atoms with E-state index in [0.29, 0.717) is 19.5 Å². The van der Waals surface area contributed by atoms with E-state index in [-0.39, 0.29) is 5.91 Å². The number of rotatable bonds is 7. The van der Waals surface area contributed by atoms with Crippen LogP contribution >= 0.6 is 0 Å². The lowest BCUT2D eigenvalue weighted by Crippen LogP contribution is -2.43. The summed E-state index contributed by atoms with van der Waals surface area (Å²) in [7, 11) is 0. The predicted octanol–water partition coefficient (Wildman–Crippen LogP) is 3.48. The van der Waals surface area contributed by atoms with Gasteiger partial charge in [-0.3, -0.25) is 4.79 Å². The van der Waals surface area contributed by atoms with Crippen molar-refractivity contribution < 1.29 is 4.79 Å². The summed E-state index contributed by atoms with van der Waals surface area (Å²) in [6.07, 6.45) is 3.49. The van der Waals surface area contributed by atoms with Gasteiger partial charge in [-0.1, -0.05) is 55.5 Å². The third kappa shape index (κ3) is 4.09. The molecule has 0 aliphatic carbocycles. The van der Waals surface area contributed by atoms with Crippen LogP contribution in [0.1, 0.15) is 24.5 Å². The molecule has 130 valence electrons. The molecular weight excluding hydrogens is 310 g/mol. The zero-order chi connectivity index (χ0) is 17.6. The first-order chi connectivity index (χ1) is 12.2. The monoisotopic (exact) mass is 335 g/mol. The van der Waals surface area contributed by atoms with Gasteiger partial charge in [0.1, 0.15) is 0 Å². The molecule has 0 aliphatic rings. The van der Waals surface area contributed by atoms with E-state index in [1.165, 1.54) is 10.9 Å². The molecule has 3 aromatic rings. The normalized spacial score (nSPS) is 12.2. The number of hydrogen-bond acceptors (Lipinski definition) is 2. The Morgan fingerprint density at radius 1 is 1.12 bits per heavy atom. The van der Waals surface area contributed by atoms with Crippen LogP contribution in [0.3, 0.4) is 0 Å². The summed E-state index contributed by atoms with van der Waals surface area (Å²) < 4.78 is 0. The molecule has 1 unspecified atom stereocenters. The van der Waals surface area contributed by atoms with Gasteiger partial charge in [0.25, 0.3) is 0 Å². The minimum Gasteiger partial charge on any atom is -0.361 e. The van der Waals surface area contributed by atoms with Crippen LogP contribution in [0.15, 0.2) is 60.8 Å². The van der Waals surface area contributed by atoms with E-state index in [0.717, 1.165) is 17.5 Å². The highest BCUT2D eigenvalue weighted by Gasteiger charge is 2.20. The smallest absolute Gasteiger partial charge is 0.239 e. The highest BCUT2D eigenvalue weighted by molar-refractivity contribution is 5.83. The number of nitrogens with zero attached hydrogens (tertiary/aromatic N) is 1. The molecule has 0 saturated carbocycles. The van der Waals surface area contributed by atoms with Gasteiger partial charge >= 0.3 is 0 Å². The third-order valence-electron chi connectivity index (χ3n) is 4.61. The molecule has 0 spiro atoms. The molecular formula is C21H25N3O. The number of H-pyrrole nitrogens is 1. The summed E-state index contributed by atoms with van der Waals surface area (Å²) in [5.74, 6) is 0.0196. The molecule has 4 nitrogen and oxygen atoms in total. The molecule has 1 amide bonds. The molecule has 2 aromatic carbocycles. The number of carbonyl (C=O) groups is 1. The molecule has 25 heavy (non-hydrogen) atoms. The number of fused-ring (bicyclic) bond motifs is 1. The second kappa shape index (κ2) is 7.99. The van der Waals surface area contributed by atoms with Crippen molar-refractivity contribution >= 4 is 16.8 Å². The summed E-state index contributed by atoms with van der Waals surface area (Å²) in [6, 6.07) is 17.9. The van der Waals surface area contributed by atoms with Gasteiger partial charge in [-0.2, -0.15) is 0 Å². The van der Waals surface area contributed by atoms with E-state index in [4.69, 9.17) is 5.73 Å². The lowest BCUT2D eigenvalue weighted by atomic mass is 10.1. The largest absolute Gasteiger partial charge is 0.361 e. The molecule has 0 bridgehead atoms. The summed E-state index contributed by atoms with van der Waals surface area (Å²) in [5.41, 5.74) is 9.49. The zero-order valence-corrected chi connectivity index (χ0v) is 14.6. The molecule has 1 heterocycles. The van der Waals surface area contributed by atoms with Crippen molar-refractivity contribution in [3.63, 3.8) is 0 Å². The van der Waals surface area contributed by atoms with E-state index in [9.17, 15) is 4.79 Å². The number of para-hydroxylation sites is 1. The SMILES string of the molecule is CCC(N)C(=O)N(CCc1c[nH]c2ccccc12)Cc1ccccc1. The first-order valence-electron chi connectivity index (χ1n) is 8.82. The second-order valence-electron chi connectivity index (χ2n) is 6.37. The van der Waals surface area contributed by atoms with Crippen LogP contribution in [0.5, 0.6) is 0 Å². The van der Waals surface area contributed by atoms with Gasteiger partial charge < -0.3 is 15.6 Å². The lowest BCUT2D eigenvalue weighted by Gasteiger charge is -2.25. The quantitative estimate of drug-likeness (QED) is 0.694. The van der Waals surface area contributed by atoms with Gasteiger partial charge in [0.2, 0.25) is 5.91 Å². The molecule has 0 radical (unpaired) electrons. The average Bonchev–Trinajstić information content (AvgIpc) is 3.08. The van der Waals surface area contributed by atoms with Crippen molar-refractivity contribution in [3.8, 4) is 0 Å². The Morgan fingerprint density at radius 3 is 2.60 bits per heavy atom. The van der Waals surface area contributed by atoms with Crippen LogP contribution in [0.25, 0.3) is 10.9 Å². The molecule has 0 saturated heterocycles. The average molecular weight is 335 g/mol. The van der Waals surface area contributed by atoms with Crippen LogP contribution in [0.2, 0.25) is 0 Å². The summed E-state index contributed by atoms with van der Waals surface area (Å²) in [6.45, 7) is 3.20. The Hall–Kier alpha value is -2.59. The Kier molecular flexibility index (Phi) is 5.51. The van der Waals surface area contributed by atoms with Crippen molar-refractivity contribution in [2.24, 2.45) is 5.73 Å². The van der Waals surface area contributed by atoms with E-state index < -0.39 is 6.04 Å². The number of hydrogen-bond donors (Lipinski definition) is 2. The Bertz CT molecular complexity index is 825. The second-order valence-corrected chi connectivity index (χ2v) is 6.37. The van der Waals surface area contributed by atoms with Crippen LogP contribution in [0.4, 0.5) is 0 Å². The van der Waals surface area contributed by atoms with Crippen molar-refractivity contribution in [2.45, 2.75) is 32.4 Å². The number of benzene rings is 2. The molecule has 1 atom stereocenters. The van der Waals surface area contributed by atoms with Crippen molar-refractivity contribution in [1.82, 2.24) is 9.88 Å².